The Bertz CT molecular complexity index is 540. The van der Waals surface area contributed by atoms with Crippen molar-refractivity contribution in [1.82, 2.24) is 5.32 Å². The molecule has 2 N–H and O–H groups in total. The van der Waals surface area contributed by atoms with Crippen LogP contribution in [0.25, 0.3) is 0 Å². The fourth-order valence-electron chi connectivity index (χ4n) is 2.88. The van der Waals surface area contributed by atoms with E-state index < -0.39 is 5.60 Å². The lowest BCUT2D eigenvalue weighted by Crippen LogP contribution is -2.45. The third-order valence-electron chi connectivity index (χ3n) is 4.45. The second-order valence-electron chi connectivity index (χ2n) is 5.95. The minimum atomic E-state index is -0.784. The third kappa shape index (κ3) is 4.05. The van der Waals surface area contributed by atoms with E-state index in [1.807, 2.05) is 6.07 Å². The number of carbonyl (C=O) groups excluding carboxylic acids is 1. The molecular formula is C17H22N2O2. The SMILES string of the molecule is CCC1CCC(O)(CNC(=O)c2cccc(C#N)c2)CC1. The summed E-state index contributed by atoms with van der Waals surface area (Å²) in [6.45, 7) is 2.46. The summed E-state index contributed by atoms with van der Waals surface area (Å²) in [4.78, 5) is 12.1. The number of amides is 1. The maximum absolute atomic E-state index is 12.1. The molecule has 1 aliphatic rings. The van der Waals surface area contributed by atoms with Crippen LogP contribution in [0.1, 0.15) is 54.9 Å². The van der Waals surface area contributed by atoms with Crippen molar-refractivity contribution < 1.29 is 9.90 Å². The minimum absolute atomic E-state index is 0.238. The molecule has 0 aromatic heterocycles. The zero-order chi connectivity index (χ0) is 15.3. The molecule has 1 aromatic carbocycles. The lowest BCUT2D eigenvalue weighted by atomic mass is 9.78. The Balaban J connectivity index is 1.90. The van der Waals surface area contributed by atoms with Gasteiger partial charge in [0.15, 0.2) is 0 Å². The molecule has 0 atom stereocenters. The van der Waals surface area contributed by atoms with Crippen molar-refractivity contribution in [3.05, 3.63) is 35.4 Å². The van der Waals surface area contributed by atoms with Crippen LogP contribution in [0.2, 0.25) is 0 Å². The van der Waals surface area contributed by atoms with Gasteiger partial charge in [0.05, 0.1) is 17.2 Å². The Hall–Kier alpha value is -1.86. The second kappa shape index (κ2) is 6.73. The Labute approximate surface area is 125 Å². The number of nitrogens with one attached hydrogen (secondary N) is 1. The van der Waals surface area contributed by atoms with Gasteiger partial charge in [-0.1, -0.05) is 19.4 Å². The summed E-state index contributed by atoms with van der Waals surface area (Å²) >= 11 is 0. The quantitative estimate of drug-likeness (QED) is 0.893. The lowest BCUT2D eigenvalue weighted by Gasteiger charge is -2.35. The molecule has 0 bridgehead atoms. The second-order valence-corrected chi connectivity index (χ2v) is 5.95. The van der Waals surface area contributed by atoms with Gasteiger partial charge in [0.2, 0.25) is 0 Å². The van der Waals surface area contributed by atoms with E-state index in [1.165, 1.54) is 0 Å². The van der Waals surface area contributed by atoms with Crippen molar-refractivity contribution in [2.75, 3.05) is 6.54 Å². The third-order valence-corrected chi connectivity index (χ3v) is 4.45. The van der Waals surface area contributed by atoms with Crippen molar-refractivity contribution >= 4 is 5.91 Å². The molecule has 1 aliphatic carbocycles. The summed E-state index contributed by atoms with van der Waals surface area (Å²) in [5, 5.41) is 22.2. The van der Waals surface area contributed by atoms with Crippen LogP contribution in [0.15, 0.2) is 24.3 Å². The van der Waals surface area contributed by atoms with E-state index in [0.717, 1.165) is 32.1 Å². The average Bonchev–Trinajstić information content (AvgIpc) is 2.53. The summed E-state index contributed by atoms with van der Waals surface area (Å²) < 4.78 is 0. The van der Waals surface area contributed by atoms with Gasteiger partial charge in [0, 0.05) is 12.1 Å². The number of rotatable bonds is 4. The number of carbonyl (C=O) groups is 1. The smallest absolute Gasteiger partial charge is 0.251 e. The monoisotopic (exact) mass is 286 g/mol. The molecule has 0 unspecified atom stereocenters. The van der Waals surface area contributed by atoms with Crippen LogP contribution in [0.4, 0.5) is 0 Å². The molecule has 0 heterocycles. The molecule has 21 heavy (non-hydrogen) atoms. The van der Waals surface area contributed by atoms with E-state index in [4.69, 9.17) is 5.26 Å². The Kier molecular flexibility index (Phi) is 4.98. The maximum Gasteiger partial charge on any atom is 0.251 e. The first-order valence-electron chi connectivity index (χ1n) is 7.57. The van der Waals surface area contributed by atoms with Crippen molar-refractivity contribution in [2.45, 2.75) is 44.6 Å². The zero-order valence-electron chi connectivity index (χ0n) is 12.4. The highest BCUT2D eigenvalue weighted by atomic mass is 16.3. The number of nitrogens with zero attached hydrogens (tertiary/aromatic N) is 1. The Morgan fingerprint density at radius 2 is 2.19 bits per heavy atom. The van der Waals surface area contributed by atoms with Crippen LogP contribution >= 0.6 is 0 Å². The predicted octanol–water partition coefficient (Wildman–Crippen LogP) is 2.62. The van der Waals surface area contributed by atoms with E-state index in [0.29, 0.717) is 17.0 Å². The summed E-state index contributed by atoms with van der Waals surface area (Å²) in [5.74, 6) is 0.464. The van der Waals surface area contributed by atoms with Gasteiger partial charge in [-0.25, -0.2) is 0 Å². The minimum Gasteiger partial charge on any atom is -0.388 e. The van der Waals surface area contributed by atoms with Crippen molar-refractivity contribution in [3.63, 3.8) is 0 Å². The van der Waals surface area contributed by atoms with Crippen LogP contribution in [-0.4, -0.2) is 23.2 Å². The molecule has 1 aromatic rings. The lowest BCUT2D eigenvalue weighted by molar-refractivity contribution is -0.00786. The van der Waals surface area contributed by atoms with Crippen LogP contribution in [-0.2, 0) is 0 Å². The molecular weight excluding hydrogens is 264 g/mol. The number of benzene rings is 1. The molecule has 2 rings (SSSR count). The van der Waals surface area contributed by atoms with Crippen LogP contribution in [0.3, 0.4) is 0 Å². The first-order chi connectivity index (χ1) is 10.1. The first-order valence-corrected chi connectivity index (χ1v) is 7.57. The highest BCUT2D eigenvalue weighted by Crippen LogP contribution is 2.33. The van der Waals surface area contributed by atoms with Gasteiger partial charge in [0.1, 0.15) is 0 Å². The Morgan fingerprint density at radius 1 is 1.48 bits per heavy atom. The van der Waals surface area contributed by atoms with Crippen molar-refractivity contribution in [3.8, 4) is 6.07 Å². The molecule has 1 amide bonds. The molecule has 112 valence electrons. The Morgan fingerprint density at radius 3 is 2.81 bits per heavy atom. The molecule has 0 saturated heterocycles. The van der Waals surface area contributed by atoms with E-state index in [9.17, 15) is 9.90 Å². The fourth-order valence-corrected chi connectivity index (χ4v) is 2.88. The molecule has 4 heteroatoms. The van der Waals surface area contributed by atoms with Gasteiger partial charge >= 0.3 is 0 Å². The molecule has 1 fully saturated rings. The molecule has 4 nitrogen and oxygen atoms in total. The number of hydrogen-bond donors (Lipinski definition) is 2. The number of hydrogen-bond acceptors (Lipinski definition) is 3. The number of aliphatic hydroxyl groups is 1. The average molecular weight is 286 g/mol. The van der Waals surface area contributed by atoms with E-state index in [1.54, 1.807) is 24.3 Å². The highest BCUT2D eigenvalue weighted by Gasteiger charge is 2.32. The van der Waals surface area contributed by atoms with Crippen LogP contribution < -0.4 is 5.32 Å². The van der Waals surface area contributed by atoms with Gasteiger partial charge < -0.3 is 10.4 Å². The van der Waals surface area contributed by atoms with Crippen LogP contribution in [0, 0.1) is 17.2 Å². The zero-order valence-corrected chi connectivity index (χ0v) is 12.4. The summed E-state index contributed by atoms with van der Waals surface area (Å²) in [7, 11) is 0. The van der Waals surface area contributed by atoms with Crippen LogP contribution in [0.5, 0.6) is 0 Å². The van der Waals surface area contributed by atoms with E-state index >= 15 is 0 Å². The van der Waals surface area contributed by atoms with Crippen molar-refractivity contribution in [2.24, 2.45) is 5.92 Å². The standard InChI is InChI=1S/C17H22N2O2/c1-2-13-6-8-17(21,9-7-13)12-19-16(20)15-5-3-4-14(10-15)11-18/h3-5,10,13,21H,2,6-9,12H2,1H3,(H,19,20). The molecule has 0 spiro atoms. The largest absolute Gasteiger partial charge is 0.388 e. The predicted molar refractivity (Wildman–Crippen MR) is 80.7 cm³/mol. The summed E-state index contributed by atoms with van der Waals surface area (Å²) in [6.07, 6.45) is 4.68. The number of nitriles is 1. The fraction of sp³-hybridized carbons (Fsp3) is 0.529. The highest BCUT2D eigenvalue weighted by molar-refractivity contribution is 5.94. The summed E-state index contributed by atoms with van der Waals surface area (Å²) in [6, 6.07) is 8.61. The van der Waals surface area contributed by atoms with Gasteiger partial charge in [-0.2, -0.15) is 5.26 Å². The van der Waals surface area contributed by atoms with E-state index in [2.05, 4.69) is 12.2 Å². The molecule has 1 saturated carbocycles. The molecule has 0 radical (unpaired) electrons. The van der Waals surface area contributed by atoms with E-state index in [-0.39, 0.29) is 12.5 Å². The normalized spacial score (nSPS) is 25.1. The summed E-state index contributed by atoms with van der Waals surface area (Å²) in [5.41, 5.74) is 0.137. The van der Waals surface area contributed by atoms with Gasteiger partial charge in [-0.3, -0.25) is 4.79 Å². The topological polar surface area (TPSA) is 73.1 Å². The first kappa shape index (κ1) is 15.5. The maximum atomic E-state index is 12.1. The molecule has 0 aliphatic heterocycles. The van der Waals surface area contributed by atoms with Gasteiger partial charge in [0.25, 0.3) is 5.91 Å². The van der Waals surface area contributed by atoms with Gasteiger partial charge in [-0.15, -0.1) is 0 Å². The van der Waals surface area contributed by atoms with Gasteiger partial charge in [-0.05, 0) is 49.8 Å². The van der Waals surface area contributed by atoms with Crippen molar-refractivity contribution in [1.29, 1.82) is 5.26 Å².